The van der Waals surface area contributed by atoms with E-state index in [-0.39, 0.29) is 18.9 Å². The lowest BCUT2D eigenvalue weighted by atomic mass is 9.96. The monoisotopic (exact) mass is 322 g/mol. The Balaban J connectivity index is 1.94. The van der Waals surface area contributed by atoms with Crippen molar-refractivity contribution in [2.75, 3.05) is 13.1 Å². The van der Waals surface area contributed by atoms with Crippen molar-refractivity contribution in [3.05, 3.63) is 41.6 Å². The minimum atomic E-state index is -4.25. The molecule has 1 fully saturated rings. The fourth-order valence-electron chi connectivity index (χ4n) is 3.08. The molecule has 1 unspecified atom stereocenters. The van der Waals surface area contributed by atoms with Gasteiger partial charge in [0.15, 0.2) is 0 Å². The van der Waals surface area contributed by atoms with E-state index < -0.39 is 12.1 Å². The first kappa shape index (κ1) is 15.8. The number of carbonyl (C=O) groups is 1. The summed E-state index contributed by atoms with van der Waals surface area (Å²) in [6.07, 6.45) is -3.80. The van der Waals surface area contributed by atoms with E-state index in [0.717, 1.165) is 0 Å². The fourth-order valence-corrected chi connectivity index (χ4v) is 3.08. The lowest BCUT2D eigenvalue weighted by Gasteiger charge is -2.34. The van der Waals surface area contributed by atoms with E-state index in [9.17, 15) is 18.0 Å². The Morgan fingerprint density at radius 2 is 2.04 bits per heavy atom. The highest BCUT2D eigenvalue weighted by Gasteiger charge is 2.42. The summed E-state index contributed by atoms with van der Waals surface area (Å²) < 4.78 is 38.8. The fraction of sp³-hybridized carbons (Fsp3) is 0.412. The molecule has 2 heterocycles. The molecule has 0 N–H and O–H groups in total. The minimum absolute atomic E-state index is 0.0867. The van der Waals surface area contributed by atoms with E-state index in [4.69, 9.17) is 0 Å². The van der Waals surface area contributed by atoms with Gasteiger partial charge >= 0.3 is 6.18 Å². The molecule has 1 aliphatic rings. The molecule has 1 aromatic heterocycles. The van der Waals surface area contributed by atoms with Gasteiger partial charge in [-0.05, 0) is 31.9 Å². The third-order valence-electron chi connectivity index (χ3n) is 4.25. The molecule has 0 radical (unpaired) electrons. The number of halogens is 3. The van der Waals surface area contributed by atoms with E-state index in [0.29, 0.717) is 35.1 Å². The Morgan fingerprint density at radius 3 is 2.78 bits per heavy atom. The van der Waals surface area contributed by atoms with E-state index in [1.807, 2.05) is 6.07 Å². The molecule has 0 bridgehead atoms. The number of carbonyl (C=O) groups excluding carboxylic acids is 1. The predicted molar refractivity (Wildman–Crippen MR) is 81.2 cm³/mol. The summed E-state index contributed by atoms with van der Waals surface area (Å²) in [7, 11) is 0. The Bertz CT molecular complexity index is 742. The molecular weight excluding hydrogens is 305 g/mol. The molecule has 3 rings (SSSR count). The molecule has 1 aromatic carbocycles. The van der Waals surface area contributed by atoms with Gasteiger partial charge in [0.2, 0.25) is 0 Å². The number of aromatic nitrogens is 1. The Morgan fingerprint density at radius 1 is 1.30 bits per heavy atom. The van der Waals surface area contributed by atoms with Gasteiger partial charge in [-0.15, -0.1) is 0 Å². The van der Waals surface area contributed by atoms with Crippen LogP contribution in [0.1, 0.15) is 28.9 Å². The maximum atomic E-state index is 12.9. The standard InChI is InChI=1S/C17H17F3N2O/c1-11-9-14(13-6-2-3-7-15(13)21-11)16(23)22-8-4-5-12(10-22)17(18,19)20/h2-3,6-7,9,12H,4-5,8,10H2,1H3. The molecule has 1 amide bonds. The molecule has 1 atom stereocenters. The number of aryl methyl sites for hydroxylation is 1. The average Bonchev–Trinajstić information content (AvgIpc) is 2.52. The first-order valence-corrected chi connectivity index (χ1v) is 7.58. The number of nitrogens with zero attached hydrogens (tertiary/aromatic N) is 2. The summed E-state index contributed by atoms with van der Waals surface area (Å²) in [5, 5.41) is 0.678. The number of likely N-dealkylation sites (tertiary alicyclic amines) is 1. The zero-order chi connectivity index (χ0) is 16.6. The summed E-state index contributed by atoms with van der Waals surface area (Å²) in [6.45, 7) is 1.87. The molecule has 1 aliphatic heterocycles. The van der Waals surface area contributed by atoms with Gasteiger partial charge in [0.05, 0.1) is 17.0 Å². The Kier molecular flexibility index (Phi) is 4.00. The summed E-state index contributed by atoms with van der Waals surface area (Å²) in [5.41, 5.74) is 1.78. The van der Waals surface area contributed by atoms with Gasteiger partial charge in [0.1, 0.15) is 0 Å². The predicted octanol–water partition coefficient (Wildman–Crippen LogP) is 3.96. The quantitative estimate of drug-likeness (QED) is 0.796. The van der Waals surface area contributed by atoms with Gasteiger partial charge in [-0.25, -0.2) is 0 Å². The van der Waals surface area contributed by atoms with Gasteiger partial charge < -0.3 is 4.90 Å². The zero-order valence-electron chi connectivity index (χ0n) is 12.7. The molecule has 23 heavy (non-hydrogen) atoms. The number of pyridine rings is 1. The largest absolute Gasteiger partial charge is 0.393 e. The molecule has 0 saturated carbocycles. The van der Waals surface area contributed by atoms with Crippen LogP contribution in [-0.2, 0) is 0 Å². The van der Waals surface area contributed by atoms with Crippen LogP contribution in [0.4, 0.5) is 13.2 Å². The van der Waals surface area contributed by atoms with Crippen LogP contribution in [0.15, 0.2) is 30.3 Å². The van der Waals surface area contributed by atoms with E-state index in [2.05, 4.69) is 4.98 Å². The minimum Gasteiger partial charge on any atom is -0.338 e. The Hall–Kier alpha value is -2.11. The number of amides is 1. The number of benzene rings is 1. The Labute approximate surface area is 132 Å². The molecule has 122 valence electrons. The second-order valence-corrected chi connectivity index (χ2v) is 5.96. The lowest BCUT2D eigenvalue weighted by Crippen LogP contribution is -2.44. The van der Waals surface area contributed by atoms with Crippen LogP contribution in [-0.4, -0.2) is 35.1 Å². The van der Waals surface area contributed by atoms with Gasteiger partial charge in [0.25, 0.3) is 5.91 Å². The number of hydrogen-bond donors (Lipinski definition) is 0. The average molecular weight is 322 g/mol. The molecule has 3 nitrogen and oxygen atoms in total. The van der Waals surface area contributed by atoms with E-state index in [1.54, 1.807) is 31.2 Å². The number of fused-ring (bicyclic) bond motifs is 1. The van der Waals surface area contributed by atoms with Crippen molar-refractivity contribution >= 4 is 16.8 Å². The third-order valence-corrected chi connectivity index (χ3v) is 4.25. The highest BCUT2D eigenvalue weighted by Crippen LogP contribution is 2.34. The summed E-state index contributed by atoms with van der Waals surface area (Å²) in [4.78, 5) is 18.5. The van der Waals surface area contributed by atoms with Crippen LogP contribution in [0.3, 0.4) is 0 Å². The van der Waals surface area contributed by atoms with Crippen molar-refractivity contribution in [3.8, 4) is 0 Å². The number of para-hydroxylation sites is 1. The van der Waals surface area contributed by atoms with Crippen LogP contribution in [0.5, 0.6) is 0 Å². The first-order valence-electron chi connectivity index (χ1n) is 7.58. The third kappa shape index (κ3) is 3.16. The molecule has 2 aromatic rings. The van der Waals surface area contributed by atoms with Crippen molar-refractivity contribution in [1.29, 1.82) is 0 Å². The van der Waals surface area contributed by atoms with Crippen LogP contribution < -0.4 is 0 Å². The van der Waals surface area contributed by atoms with E-state index in [1.165, 1.54) is 4.90 Å². The SMILES string of the molecule is Cc1cc(C(=O)N2CCCC(C(F)(F)F)C2)c2ccccc2n1. The van der Waals surface area contributed by atoms with Crippen molar-refractivity contribution < 1.29 is 18.0 Å². The summed E-state index contributed by atoms with van der Waals surface area (Å²) >= 11 is 0. The first-order chi connectivity index (χ1) is 10.9. The topological polar surface area (TPSA) is 33.2 Å². The normalized spacial score (nSPS) is 19.1. The molecule has 6 heteroatoms. The number of piperidine rings is 1. The number of alkyl halides is 3. The number of rotatable bonds is 1. The van der Waals surface area contributed by atoms with Crippen molar-refractivity contribution in [1.82, 2.24) is 9.88 Å². The number of hydrogen-bond acceptors (Lipinski definition) is 2. The van der Waals surface area contributed by atoms with Gasteiger partial charge in [-0.1, -0.05) is 18.2 Å². The van der Waals surface area contributed by atoms with Gasteiger partial charge in [-0.2, -0.15) is 13.2 Å². The van der Waals surface area contributed by atoms with Crippen molar-refractivity contribution in [2.45, 2.75) is 25.9 Å². The lowest BCUT2D eigenvalue weighted by molar-refractivity contribution is -0.184. The molecule has 1 saturated heterocycles. The second-order valence-electron chi connectivity index (χ2n) is 5.96. The highest BCUT2D eigenvalue weighted by molar-refractivity contribution is 6.06. The zero-order valence-corrected chi connectivity index (χ0v) is 12.7. The molecule has 0 aliphatic carbocycles. The van der Waals surface area contributed by atoms with Crippen LogP contribution >= 0.6 is 0 Å². The van der Waals surface area contributed by atoms with Crippen LogP contribution in [0.25, 0.3) is 10.9 Å². The maximum absolute atomic E-state index is 12.9. The van der Waals surface area contributed by atoms with Crippen molar-refractivity contribution in [3.63, 3.8) is 0 Å². The van der Waals surface area contributed by atoms with Crippen LogP contribution in [0, 0.1) is 12.8 Å². The summed E-state index contributed by atoms with van der Waals surface area (Å²) in [5.74, 6) is -1.78. The maximum Gasteiger partial charge on any atom is 0.393 e. The van der Waals surface area contributed by atoms with Crippen LogP contribution in [0.2, 0.25) is 0 Å². The molecular formula is C17H17F3N2O. The smallest absolute Gasteiger partial charge is 0.338 e. The second kappa shape index (κ2) is 5.83. The van der Waals surface area contributed by atoms with Crippen molar-refractivity contribution in [2.24, 2.45) is 5.92 Å². The van der Waals surface area contributed by atoms with E-state index >= 15 is 0 Å². The highest BCUT2D eigenvalue weighted by atomic mass is 19.4. The molecule has 0 spiro atoms. The van der Waals surface area contributed by atoms with Gasteiger partial charge in [-0.3, -0.25) is 9.78 Å². The van der Waals surface area contributed by atoms with Gasteiger partial charge in [0, 0.05) is 24.2 Å². The summed E-state index contributed by atoms with van der Waals surface area (Å²) in [6, 6.07) is 8.85.